The van der Waals surface area contributed by atoms with E-state index in [2.05, 4.69) is 17.0 Å². The van der Waals surface area contributed by atoms with Gasteiger partial charge >= 0.3 is 0 Å². The molecule has 1 saturated carbocycles. The van der Waals surface area contributed by atoms with E-state index in [1.807, 2.05) is 18.2 Å². The van der Waals surface area contributed by atoms with Gasteiger partial charge in [0, 0.05) is 50.1 Å². The molecule has 162 valence electrons. The number of nitrogens with zero attached hydrogens (tertiary/aromatic N) is 3. The van der Waals surface area contributed by atoms with E-state index in [0.29, 0.717) is 26.2 Å². The van der Waals surface area contributed by atoms with Crippen LogP contribution in [0.4, 0.5) is 11.4 Å². The minimum atomic E-state index is -3.62. The Balaban J connectivity index is 1.42. The molecule has 1 aliphatic carbocycles. The summed E-state index contributed by atoms with van der Waals surface area (Å²) in [5.41, 5.74) is 4.58. The first-order valence-corrected chi connectivity index (χ1v) is 12.4. The molecule has 0 spiro atoms. The van der Waals surface area contributed by atoms with Gasteiger partial charge in [-0.15, -0.1) is 0 Å². The second-order valence-electron chi connectivity index (χ2n) is 8.46. The van der Waals surface area contributed by atoms with Gasteiger partial charge in [0.05, 0.1) is 10.6 Å². The molecule has 2 aromatic carbocycles. The summed E-state index contributed by atoms with van der Waals surface area (Å²) in [6.07, 6.45) is 4.03. The van der Waals surface area contributed by atoms with Gasteiger partial charge in [-0.1, -0.05) is 23.8 Å². The number of fused-ring (bicyclic) bond motifs is 1. The van der Waals surface area contributed by atoms with Crippen LogP contribution in [-0.2, 0) is 14.8 Å². The fraction of sp³-hybridized carbons (Fsp3) is 0.375. The number of carbonyl (C=O) groups is 1. The first-order valence-electron chi connectivity index (χ1n) is 10.9. The Morgan fingerprint density at radius 3 is 2.23 bits per heavy atom. The predicted octanol–water partition coefficient (Wildman–Crippen LogP) is 3.50. The number of para-hydroxylation sites is 1. The number of benzene rings is 2. The Morgan fingerprint density at radius 1 is 0.871 bits per heavy atom. The van der Waals surface area contributed by atoms with Crippen LogP contribution in [0.25, 0.3) is 5.57 Å². The average Bonchev–Trinajstić information content (AvgIpc) is 3.41. The molecule has 0 radical (unpaired) electrons. The SMILES string of the molecule is CN1C(=O)C(=C2CCCC2)c2cc(S(=O)(=O)N3CCN(c4ccccc4)CC3)ccc21. The molecule has 1 amide bonds. The fourth-order valence-electron chi connectivity index (χ4n) is 4.93. The van der Waals surface area contributed by atoms with E-state index in [4.69, 9.17) is 0 Å². The maximum atomic E-state index is 13.4. The van der Waals surface area contributed by atoms with E-state index >= 15 is 0 Å². The highest BCUT2D eigenvalue weighted by Gasteiger charge is 2.35. The lowest BCUT2D eigenvalue weighted by molar-refractivity contribution is -0.112. The van der Waals surface area contributed by atoms with Crippen LogP contribution in [0.1, 0.15) is 31.2 Å². The average molecular weight is 438 g/mol. The van der Waals surface area contributed by atoms with Crippen LogP contribution in [0.3, 0.4) is 0 Å². The Bertz CT molecular complexity index is 1140. The van der Waals surface area contributed by atoms with E-state index in [9.17, 15) is 13.2 Å². The zero-order valence-corrected chi connectivity index (χ0v) is 18.6. The third-order valence-corrected chi connectivity index (χ3v) is 8.57. The molecular formula is C24H27N3O3S. The molecule has 0 N–H and O–H groups in total. The maximum Gasteiger partial charge on any atom is 0.258 e. The molecule has 0 unspecified atom stereocenters. The third-order valence-electron chi connectivity index (χ3n) is 6.68. The number of anilines is 2. The second kappa shape index (κ2) is 7.80. The van der Waals surface area contributed by atoms with Crippen molar-refractivity contribution in [3.63, 3.8) is 0 Å². The quantitative estimate of drug-likeness (QED) is 0.690. The second-order valence-corrected chi connectivity index (χ2v) is 10.4. The van der Waals surface area contributed by atoms with Crippen molar-refractivity contribution in [1.82, 2.24) is 4.31 Å². The summed E-state index contributed by atoms with van der Waals surface area (Å²) in [6.45, 7) is 2.21. The van der Waals surface area contributed by atoms with Gasteiger partial charge in [-0.2, -0.15) is 4.31 Å². The summed E-state index contributed by atoms with van der Waals surface area (Å²) >= 11 is 0. The molecule has 2 aliphatic heterocycles. The molecular weight excluding hydrogens is 410 g/mol. The molecule has 1 saturated heterocycles. The molecule has 31 heavy (non-hydrogen) atoms. The lowest BCUT2D eigenvalue weighted by atomic mass is 10.00. The minimum absolute atomic E-state index is 0.0158. The van der Waals surface area contributed by atoms with Crippen molar-refractivity contribution in [2.24, 2.45) is 0 Å². The van der Waals surface area contributed by atoms with Crippen molar-refractivity contribution in [2.45, 2.75) is 30.6 Å². The van der Waals surface area contributed by atoms with Crippen LogP contribution in [-0.4, -0.2) is 51.9 Å². The van der Waals surface area contributed by atoms with Crippen LogP contribution in [0.2, 0.25) is 0 Å². The largest absolute Gasteiger partial charge is 0.369 e. The van der Waals surface area contributed by atoms with Crippen LogP contribution >= 0.6 is 0 Å². The van der Waals surface area contributed by atoms with E-state index in [0.717, 1.165) is 48.2 Å². The number of amides is 1. The normalized spacial score (nSPS) is 20.0. The van der Waals surface area contributed by atoms with Crippen molar-refractivity contribution in [3.8, 4) is 0 Å². The molecule has 0 bridgehead atoms. The number of likely N-dealkylation sites (N-methyl/N-ethyl adjacent to an activating group) is 1. The summed E-state index contributed by atoms with van der Waals surface area (Å²) in [4.78, 5) is 17.0. The van der Waals surface area contributed by atoms with Crippen molar-refractivity contribution in [2.75, 3.05) is 43.0 Å². The zero-order valence-electron chi connectivity index (χ0n) is 17.8. The molecule has 0 atom stereocenters. The number of carbonyl (C=O) groups excluding carboxylic acids is 1. The lowest BCUT2D eigenvalue weighted by Gasteiger charge is -2.35. The molecule has 5 rings (SSSR count). The van der Waals surface area contributed by atoms with Gasteiger partial charge in [-0.25, -0.2) is 8.42 Å². The first-order chi connectivity index (χ1) is 15.0. The number of rotatable bonds is 3. The number of sulfonamides is 1. The third kappa shape index (κ3) is 3.46. The fourth-order valence-corrected chi connectivity index (χ4v) is 6.38. The maximum absolute atomic E-state index is 13.4. The van der Waals surface area contributed by atoms with Crippen LogP contribution in [0.15, 0.2) is 59.0 Å². The summed E-state index contributed by atoms with van der Waals surface area (Å²) in [6, 6.07) is 15.2. The smallest absolute Gasteiger partial charge is 0.258 e. The standard InChI is InChI=1S/C24H27N3O3S/c1-25-22-12-11-20(17-21(22)23(24(25)28)18-7-5-6-8-18)31(29,30)27-15-13-26(14-16-27)19-9-3-2-4-10-19/h2-4,9-12,17H,5-8,13-16H2,1H3. The Kier molecular flexibility index (Phi) is 5.10. The zero-order chi connectivity index (χ0) is 21.6. The van der Waals surface area contributed by atoms with Crippen LogP contribution in [0.5, 0.6) is 0 Å². The summed E-state index contributed by atoms with van der Waals surface area (Å²) in [7, 11) is -1.85. The van der Waals surface area contributed by atoms with Gasteiger partial charge in [-0.3, -0.25) is 4.79 Å². The topological polar surface area (TPSA) is 60.9 Å². The number of hydrogen-bond acceptors (Lipinski definition) is 4. The van der Waals surface area contributed by atoms with Crippen molar-refractivity contribution in [3.05, 3.63) is 59.7 Å². The van der Waals surface area contributed by atoms with E-state index < -0.39 is 10.0 Å². The van der Waals surface area contributed by atoms with Gasteiger partial charge in [-0.05, 0) is 56.0 Å². The predicted molar refractivity (Wildman–Crippen MR) is 123 cm³/mol. The first kappa shape index (κ1) is 20.3. The van der Waals surface area contributed by atoms with E-state index in [-0.39, 0.29) is 10.8 Å². The molecule has 2 aromatic rings. The summed E-state index contributed by atoms with van der Waals surface area (Å²) < 4.78 is 28.4. The van der Waals surface area contributed by atoms with Crippen LogP contribution in [0, 0.1) is 0 Å². The molecule has 7 heteroatoms. The van der Waals surface area contributed by atoms with Gasteiger partial charge in [0.2, 0.25) is 10.0 Å². The molecule has 6 nitrogen and oxygen atoms in total. The highest BCUT2D eigenvalue weighted by atomic mass is 32.2. The highest BCUT2D eigenvalue weighted by Crippen LogP contribution is 2.42. The highest BCUT2D eigenvalue weighted by molar-refractivity contribution is 7.89. The van der Waals surface area contributed by atoms with Gasteiger partial charge < -0.3 is 9.80 Å². The van der Waals surface area contributed by atoms with E-state index in [1.165, 1.54) is 5.57 Å². The van der Waals surface area contributed by atoms with Crippen LogP contribution < -0.4 is 9.80 Å². The van der Waals surface area contributed by atoms with E-state index in [1.54, 1.807) is 34.5 Å². The van der Waals surface area contributed by atoms with Crippen molar-refractivity contribution in [1.29, 1.82) is 0 Å². The van der Waals surface area contributed by atoms with Gasteiger partial charge in [0.25, 0.3) is 5.91 Å². The Labute approximate surface area is 183 Å². The number of piperazine rings is 1. The van der Waals surface area contributed by atoms with Gasteiger partial charge in [0.1, 0.15) is 0 Å². The molecule has 2 fully saturated rings. The van der Waals surface area contributed by atoms with Crippen molar-refractivity contribution >= 4 is 32.9 Å². The van der Waals surface area contributed by atoms with Gasteiger partial charge in [0.15, 0.2) is 0 Å². The summed E-state index contributed by atoms with van der Waals surface area (Å²) in [5, 5.41) is 0. The molecule has 0 aromatic heterocycles. The lowest BCUT2D eigenvalue weighted by Crippen LogP contribution is -2.48. The minimum Gasteiger partial charge on any atom is -0.369 e. The number of hydrogen-bond donors (Lipinski definition) is 0. The molecule has 3 aliphatic rings. The summed E-state index contributed by atoms with van der Waals surface area (Å²) in [5.74, 6) is -0.0158. The Hall–Kier alpha value is -2.64. The Morgan fingerprint density at radius 2 is 1.55 bits per heavy atom. The number of allylic oxidation sites excluding steroid dienone is 1. The molecule has 2 heterocycles. The van der Waals surface area contributed by atoms with Crippen molar-refractivity contribution < 1.29 is 13.2 Å². The monoisotopic (exact) mass is 437 g/mol.